The highest BCUT2D eigenvalue weighted by molar-refractivity contribution is 14.0. The molecule has 2 N–H and O–H groups in total. The fourth-order valence-electron chi connectivity index (χ4n) is 3.70. The van der Waals surface area contributed by atoms with E-state index in [1.54, 1.807) is 11.4 Å². The Morgan fingerprint density at radius 2 is 1.96 bits per heavy atom. The number of rotatable bonds is 7. The summed E-state index contributed by atoms with van der Waals surface area (Å²) in [4.78, 5) is 4.25. The van der Waals surface area contributed by atoms with Crippen molar-refractivity contribution in [2.45, 2.75) is 64.3 Å². The van der Waals surface area contributed by atoms with Crippen molar-refractivity contribution >= 4 is 40.0 Å². The van der Waals surface area contributed by atoms with Crippen LogP contribution in [0.25, 0.3) is 0 Å². The number of nitrogens with one attached hydrogen (secondary N) is 2. The quantitative estimate of drug-likeness (QED) is 0.330. The van der Waals surface area contributed by atoms with E-state index in [9.17, 15) is 8.42 Å². The molecule has 8 heteroatoms. The lowest BCUT2D eigenvalue weighted by Gasteiger charge is -2.24. The predicted octanol–water partition coefficient (Wildman–Crippen LogP) is 2.55. The van der Waals surface area contributed by atoms with Crippen molar-refractivity contribution in [1.82, 2.24) is 14.9 Å². The van der Waals surface area contributed by atoms with Gasteiger partial charge in [0.15, 0.2) is 5.96 Å². The molecule has 0 amide bonds. The minimum absolute atomic E-state index is 0. The average molecular weight is 486 g/mol. The summed E-state index contributed by atoms with van der Waals surface area (Å²) in [7, 11) is -1.24. The highest BCUT2D eigenvalue weighted by Crippen LogP contribution is 2.27. The fraction of sp³-hybridized carbons (Fsp3) is 0.941. The maximum atomic E-state index is 11.8. The van der Waals surface area contributed by atoms with Crippen LogP contribution in [0.1, 0.15) is 58.3 Å². The first-order chi connectivity index (χ1) is 11.5. The topological polar surface area (TPSA) is 73.8 Å². The van der Waals surface area contributed by atoms with Crippen LogP contribution in [0.4, 0.5) is 0 Å². The molecule has 1 aliphatic carbocycles. The van der Waals surface area contributed by atoms with Gasteiger partial charge in [-0.05, 0) is 32.1 Å². The summed E-state index contributed by atoms with van der Waals surface area (Å²) in [6.07, 6.45) is 10.2. The van der Waals surface area contributed by atoms with Gasteiger partial charge in [0.2, 0.25) is 10.0 Å². The first-order valence-corrected chi connectivity index (χ1v) is 11.1. The second-order valence-corrected chi connectivity index (χ2v) is 9.28. The first kappa shape index (κ1) is 23.0. The Labute approximate surface area is 170 Å². The number of hydrogen-bond acceptors (Lipinski definition) is 3. The van der Waals surface area contributed by atoms with E-state index in [-0.39, 0.29) is 29.7 Å². The third kappa shape index (κ3) is 7.99. The summed E-state index contributed by atoms with van der Waals surface area (Å²) in [5.74, 6) is 1.96. The summed E-state index contributed by atoms with van der Waals surface area (Å²) in [5.41, 5.74) is 0. The van der Waals surface area contributed by atoms with Crippen LogP contribution in [0.2, 0.25) is 0 Å². The lowest BCUT2D eigenvalue weighted by molar-refractivity contribution is 0.322. The van der Waals surface area contributed by atoms with E-state index < -0.39 is 10.0 Å². The van der Waals surface area contributed by atoms with Gasteiger partial charge in [0.1, 0.15) is 0 Å². The van der Waals surface area contributed by atoms with E-state index >= 15 is 0 Å². The zero-order chi connectivity index (χ0) is 17.4. The normalized spacial score (nSPS) is 23.0. The van der Waals surface area contributed by atoms with Gasteiger partial charge in [-0.2, -0.15) is 0 Å². The van der Waals surface area contributed by atoms with Crippen molar-refractivity contribution in [2.75, 3.05) is 32.4 Å². The van der Waals surface area contributed by atoms with Gasteiger partial charge >= 0.3 is 0 Å². The molecular formula is C17H35IN4O2S. The number of sulfonamides is 1. The summed E-state index contributed by atoms with van der Waals surface area (Å²) < 4.78 is 25.1. The van der Waals surface area contributed by atoms with Crippen LogP contribution >= 0.6 is 24.0 Å². The molecule has 25 heavy (non-hydrogen) atoms. The minimum atomic E-state index is -3.00. The molecule has 0 aromatic rings. The molecule has 2 fully saturated rings. The monoisotopic (exact) mass is 486 g/mol. The lowest BCUT2D eigenvalue weighted by Crippen LogP contribution is -2.45. The molecule has 1 saturated heterocycles. The second-order valence-electron chi connectivity index (χ2n) is 7.19. The number of hydrogen-bond donors (Lipinski definition) is 2. The Kier molecular flexibility index (Phi) is 10.6. The van der Waals surface area contributed by atoms with Crippen LogP contribution in [0.15, 0.2) is 4.99 Å². The molecule has 1 saturated carbocycles. The molecule has 1 unspecified atom stereocenters. The van der Waals surface area contributed by atoms with Gasteiger partial charge in [-0.1, -0.05) is 32.1 Å². The molecular weight excluding hydrogens is 451 g/mol. The average Bonchev–Trinajstić information content (AvgIpc) is 2.91. The molecule has 2 aliphatic rings. The van der Waals surface area contributed by atoms with Crippen molar-refractivity contribution in [3.05, 3.63) is 0 Å². The van der Waals surface area contributed by atoms with E-state index in [1.807, 2.05) is 0 Å². The van der Waals surface area contributed by atoms with Crippen molar-refractivity contribution in [2.24, 2.45) is 10.9 Å². The molecule has 0 aromatic carbocycles. The Morgan fingerprint density at radius 1 is 1.24 bits per heavy atom. The smallest absolute Gasteiger partial charge is 0.214 e. The van der Waals surface area contributed by atoms with Crippen molar-refractivity contribution in [3.8, 4) is 0 Å². The minimum Gasteiger partial charge on any atom is -0.355 e. The highest BCUT2D eigenvalue weighted by atomic mass is 127. The number of guanidine groups is 1. The third-order valence-corrected chi connectivity index (χ3v) is 7.15. The molecule has 0 spiro atoms. The van der Waals surface area contributed by atoms with E-state index in [2.05, 4.69) is 22.5 Å². The SMILES string of the molecule is CN=C(NCCN1CCCS1(=O)=O)NC(C)CCC1CCCCC1.I. The molecule has 6 nitrogen and oxygen atoms in total. The van der Waals surface area contributed by atoms with Crippen molar-refractivity contribution in [1.29, 1.82) is 0 Å². The van der Waals surface area contributed by atoms with E-state index in [0.717, 1.165) is 24.7 Å². The summed E-state index contributed by atoms with van der Waals surface area (Å²) >= 11 is 0. The van der Waals surface area contributed by atoms with Gasteiger partial charge in [0.05, 0.1) is 5.75 Å². The van der Waals surface area contributed by atoms with Gasteiger partial charge in [-0.15, -0.1) is 24.0 Å². The second kappa shape index (κ2) is 11.6. The standard InChI is InChI=1S/C17H34N4O2S.HI/c1-15(9-10-16-7-4-3-5-8-16)20-17(18-2)19-11-13-21-12-6-14-24(21,22)23;/h15-16H,3-14H2,1-2H3,(H2,18,19,20);1H. The molecule has 0 bridgehead atoms. The molecule has 148 valence electrons. The Bertz CT molecular complexity index is 507. The van der Waals surface area contributed by atoms with Crippen molar-refractivity contribution < 1.29 is 8.42 Å². The fourth-order valence-corrected chi connectivity index (χ4v) is 5.23. The van der Waals surface area contributed by atoms with Gasteiger partial charge < -0.3 is 10.6 Å². The molecule has 2 rings (SSSR count). The molecule has 0 aromatic heterocycles. The lowest BCUT2D eigenvalue weighted by atomic mass is 9.85. The molecule has 1 atom stereocenters. The van der Waals surface area contributed by atoms with Gasteiger partial charge in [-0.3, -0.25) is 4.99 Å². The Balaban J connectivity index is 0.00000312. The zero-order valence-electron chi connectivity index (χ0n) is 15.7. The van der Waals surface area contributed by atoms with Crippen LogP contribution in [0.5, 0.6) is 0 Å². The number of nitrogens with zero attached hydrogens (tertiary/aromatic N) is 2. The third-order valence-electron chi connectivity index (χ3n) is 5.20. The first-order valence-electron chi connectivity index (χ1n) is 9.46. The van der Waals surface area contributed by atoms with Crippen LogP contribution < -0.4 is 10.6 Å². The van der Waals surface area contributed by atoms with Crippen LogP contribution in [0, 0.1) is 5.92 Å². The molecule has 1 aliphatic heterocycles. The number of aliphatic imine (C=N–C) groups is 1. The van der Waals surface area contributed by atoms with E-state index in [1.165, 1.54) is 38.5 Å². The van der Waals surface area contributed by atoms with Crippen LogP contribution in [-0.4, -0.2) is 57.2 Å². The largest absolute Gasteiger partial charge is 0.355 e. The molecule has 1 heterocycles. The van der Waals surface area contributed by atoms with Crippen LogP contribution in [0.3, 0.4) is 0 Å². The molecule has 0 radical (unpaired) electrons. The maximum absolute atomic E-state index is 11.8. The Morgan fingerprint density at radius 3 is 2.56 bits per heavy atom. The van der Waals surface area contributed by atoms with E-state index in [0.29, 0.717) is 25.7 Å². The Hall–Kier alpha value is -0.0900. The summed E-state index contributed by atoms with van der Waals surface area (Å²) in [6, 6.07) is 0.383. The van der Waals surface area contributed by atoms with Crippen molar-refractivity contribution in [3.63, 3.8) is 0 Å². The van der Waals surface area contributed by atoms with Gasteiger partial charge in [0, 0.05) is 32.7 Å². The summed E-state index contributed by atoms with van der Waals surface area (Å²) in [5, 5.41) is 6.66. The summed E-state index contributed by atoms with van der Waals surface area (Å²) in [6.45, 7) is 3.95. The van der Waals surface area contributed by atoms with Gasteiger partial charge in [-0.25, -0.2) is 12.7 Å². The maximum Gasteiger partial charge on any atom is 0.214 e. The highest BCUT2D eigenvalue weighted by Gasteiger charge is 2.27. The number of halogens is 1. The predicted molar refractivity (Wildman–Crippen MR) is 115 cm³/mol. The zero-order valence-corrected chi connectivity index (χ0v) is 18.8. The van der Waals surface area contributed by atoms with Gasteiger partial charge in [0.25, 0.3) is 0 Å². The van der Waals surface area contributed by atoms with E-state index in [4.69, 9.17) is 0 Å². The van der Waals surface area contributed by atoms with Crippen LogP contribution in [-0.2, 0) is 10.0 Å².